The first kappa shape index (κ1) is 15.3. The van der Waals surface area contributed by atoms with Crippen molar-refractivity contribution in [3.8, 4) is 5.75 Å². The van der Waals surface area contributed by atoms with Crippen LogP contribution in [0.3, 0.4) is 0 Å². The fourth-order valence-electron chi connectivity index (χ4n) is 1.42. The molecule has 0 bridgehead atoms. The molecule has 6 heteroatoms. The standard InChI is InChI=1S/C13H17F3N2O/c1-7(2)8(3)19-9-4-5-10(12(17)18)11(6-9)13(14,15)16/h4-8H,1-3H3,(H3,17,18). The molecule has 3 N–H and O–H groups in total. The lowest BCUT2D eigenvalue weighted by Crippen LogP contribution is -2.21. The average Bonchev–Trinajstić information content (AvgIpc) is 2.27. The van der Waals surface area contributed by atoms with Crippen molar-refractivity contribution in [2.24, 2.45) is 11.7 Å². The van der Waals surface area contributed by atoms with E-state index in [0.29, 0.717) is 0 Å². The van der Waals surface area contributed by atoms with Crippen LogP contribution in [0.1, 0.15) is 31.9 Å². The Bertz CT molecular complexity index is 469. The highest BCUT2D eigenvalue weighted by molar-refractivity contribution is 5.96. The molecule has 0 aliphatic carbocycles. The Morgan fingerprint density at radius 2 is 1.84 bits per heavy atom. The first-order valence-electron chi connectivity index (χ1n) is 5.85. The monoisotopic (exact) mass is 274 g/mol. The highest BCUT2D eigenvalue weighted by atomic mass is 19.4. The molecule has 19 heavy (non-hydrogen) atoms. The summed E-state index contributed by atoms with van der Waals surface area (Å²) in [6, 6.07) is 3.44. The summed E-state index contributed by atoms with van der Waals surface area (Å²) in [6.07, 6.45) is -4.77. The Labute approximate surface area is 110 Å². The maximum absolute atomic E-state index is 12.9. The number of nitrogens with one attached hydrogen (secondary N) is 1. The molecule has 0 aliphatic heterocycles. The normalized spacial score (nSPS) is 13.4. The van der Waals surface area contributed by atoms with Crippen molar-refractivity contribution in [2.75, 3.05) is 0 Å². The van der Waals surface area contributed by atoms with Crippen LogP contribution in [0.15, 0.2) is 18.2 Å². The van der Waals surface area contributed by atoms with E-state index in [9.17, 15) is 13.2 Å². The van der Waals surface area contributed by atoms with Crippen LogP contribution in [0.2, 0.25) is 0 Å². The Kier molecular flexibility index (Phi) is 4.44. The van der Waals surface area contributed by atoms with E-state index in [1.54, 1.807) is 6.92 Å². The van der Waals surface area contributed by atoms with Crippen LogP contribution in [-0.4, -0.2) is 11.9 Å². The SMILES string of the molecule is CC(C)C(C)Oc1ccc(C(=N)N)c(C(F)(F)F)c1. The summed E-state index contributed by atoms with van der Waals surface area (Å²) in [4.78, 5) is 0. The summed E-state index contributed by atoms with van der Waals surface area (Å²) < 4.78 is 44.1. The smallest absolute Gasteiger partial charge is 0.417 e. The van der Waals surface area contributed by atoms with E-state index >= 15 is 0 Å². The molecule has 0 heterocycles. The molecule has 0 amide bonds. The van der Waals surface area contributed by atoms with Crippen LogP contribution in [0.4, 0.5) is 13.2 Å². The summed E-state index contributed by atoms with van der Waals surface area (Å²) >= 11 is 0. The molecule has 106 valence electrons. The maximum atomic E-state index is 12.9. The second-order valence-corrected chi connectivity index (χ2v) is 4.69. The van der Waals surface area contributed by atoms with Crippen LogP contribution in [0.25, 0.3) is 0 Å². The van der Waals surface area contributed by atoms with Gasteiger partial charge in [0, 0.05) is 5.56 Å². The van der Waals surface area contributed by atoms with Crippen molar-refractivity contribution < 1.29 is 17.9 Å². The summed E-state index contributed by atoms with van der Waals surface area (Å²) in [5.41, 5.74) is 3.87. The van der Waals surface area contributed by atoms with Gasteiger partial charge in [-0.25, -0.2) is 0 Å². The molecule has 0 radical (unpaired) electrons. The molecule has 0 fully saturated rings. The number of hydrogen-bond donors (Lipinski definition) is 2. The molecular weight excluding hydrogens is 257 g/mol. The van der Waals surface area contributed by atoms with E-state index in [4.69, 9.17) is 15.9 Å². The van der Waals surface area contributed by atoms with Crippen LogP contribution in [0.5, 0.6) is 5.75 Å². The lowest BCUT2D eigenvalue weighted by atomic mass is 10.1. The third-order valence-corrected chi connectivity index (χ3v) is 2.85. The van der Waals surface area contributed by atoms with Crippen LogP contribution >= 0.6 is 0 Å². The minimum Gasteiger partial charge on any atom is -0.490 e. The molecule has 1 rings (SSSR count). The lowest BCUT2D eigenvalue weighted by molar-refractivity contribution is -0.137. The van der Waals surface area contributed by atoms with Crippen LogP contribution in [0, 0.1) is 11.3 Å². The van der Waals surface area contributed by atoms with E-state index < -0.39 is 17.6 Å². The molecule has 0 saturated carbocycles. The third kappa shape index (κ3) is 3.87. The number of hydrogen-bond acceptors (Lipinski definition) is 2. The third-order valence-electron chi connectivity index (χ3n) is 2.85. The molecule has 3 nitrogen and oxygen atoms in total. The first-order valence-corrected chi connectivity index (χ1v) is 5.85. The molecule has 1 aromatic carbocycles. The van der Waals surface area contributed by atoms with Gasteiger partial charge in [-0.3, -0.25) is 5.41 Å². The number of rotatable bonds is 4. The number of ether oxygens (including phenoxy) is 1. The number of alkyl halides is 3. The van der Waals surface area contributed by atoms with Crippen molar-refractivity contribution in [3.05, 3.63) is 29.3 Å². The van der Waals surface area contributed by atoms with Gasteiger partial charge in [-0.1, -0.05) is 13.8 Å². The molecule has 0 aliphatic rings. The van der Waals surface area contributed by atoms with E-state index in [1.165, 1.54) is 6.07 Å². The fourth-order valence-corrected chi connectivity index (χ4v) is 1.42. The van der Waals surface area contributed by atoms with Gasteiger partial charge < -0.3 is 10.5 Å². The van der Waals surface area contributed by atoms with Gasteiger partial charge in [0.25, 0.3) is 0 Å². The van der Waals surface area contributed by atoms with Gasteiger partial charge in [0.05, 0.1) is 11.7 Å². The topological polar surface area (TPSA) is 59.1 Å². The predicted octanol–water partition coefficient (Wildman–Crippen LogP) is 3.41. The second kappa shape index (κ2) is 5.50. The van der Waals surface area contributed by atoms with Gasteiger partial charge >= 0.3 is 6.18 Å². The molecular formula is C13H17F3N2O. The number of nitrogen functional groups attached to an aromatic ring is 1. The number of nitrogens with two attached hydrogens (primary N) is 1. The molecule has 0 saturated heterocycles. The van der Waals surface area contributed by atoms with Crippen molar-refractivity contribution >= 4 is 5.84 Å². The number of benzene rings is 1. The minimum atomic E-state index is -4.57. The second-order valence-electron chi connectivity index (χ2n) is 4.69. The van der Waals surface area contributed by atoms with E-state index in [0.717, 1.165) is 12.1 Å². The van der Waals surface area contributed by atoms with Gasteiger partial charge in [0.1, 0.15) is 11.6 Å². The Morgan fingerprint density at radius 1 is 1.26 bits per heavy atom. The van der Waals surface area contributed by atoms with Crippen molar-refractivity contribution in [1.29, 1.82) is 5.41 Å². The maximum Gasteiger partial charge on any atom is 0.417 e. The molecule has 0 spiro atoms. The zero-order valence-corrected chi connectivity index (χ0v) is 11.0. The summed E-state index contributed by atoms with van der Waals surface area (Å²) in [5.74, 6) is -0.309. The van der Waals surface area contributed by atoms with Crippen LogP contribution < -0.4 is 10.5 Å². The molecule has 1 unspecified atom stereocenters. The summed E-state index contributed by atoms with van der Waals surface area (Å²) in [7, 11) is 0. The van der Waals surface area contributed by atoms with Gasteiger partial charge in [-0.2, -0.15) is 13.2 Å². The Balaban J connectivity index is 3.16. The first-order chi connectivity index (χ1) is 8.62. The van der Waals surface area contributed by atoms with Crippen molar-refractivity contribution in [3.63, 3.8) is 0 Å². The number of halogens is 3. The molecule has 1 aromatic rings. The van der Waals surface area contributed by atoms with Gasteiger partial charge in [0.2, 0.25) is 0 Å². The van der Waals surface area contributed by atoms with Crippen molar-refractivity contribution in [2.45, 2.75) is 33.1 Å². The summed E-state index contributed by atoms with van der Waals surface area (Å²) in [6.45, 7) is 5.62. The van der Waals surface area contributed by atoms with E-state index in [2.05, 4.69) is 0 Å². The average molecular weight is 274 g/mol. The van der Waals surface area contributed by atoms with Crippen LogP contribution in [-0.2, 0) is 6.18 Å². The minimum absolute atomic E-state index is 0.124. The van der Waals surface area contributed by atoms with E-state index in [1.807, 2.05) is 13.8 Å². The highest BCUT2D eigenvalue weighted by Gasteiger charge is 2.34. The van der Waals surface area contributed by atoms with E-state index in [-0.39, 0.29) is 23.3 Å². The van der Waals surface area contributed by atoms with Gasteiger partial charge in [-0.15, -0.1) is 0 Å². The number of amidine groups is 1. The van der Waals surface area contributed by atoms with Gasteiger partial charge in [-0.05, 0) is 31.0 Å². The molecule has 1 atom stereocenters. The predicted molar refractivity (Wildman–Crippen MR) is 67.4 cm³/mol. The van der Waals surface area contributed by atoms with Gasteiger partial charge in [0.15, 0.2) is 0 Å². The fraction of sp³-hybridized carbons (Fsp3) is 0.462. The summed E-state index contributed by atoms with van der Waals surface area (Å²) in [5, 5.41) is 7.17. The zero-order valence-electron chi connectivity index (χ0n) is 11.0. The van der Waals surface area contributed by atoms with Crippen molar-refractivity contribution in [1.82, 2.24) is 0 Å². The Hall–Kier alpha value is -1.72. The quantitative estimate of drug-likeness (QED) is 0.653. The Morgan fingerprint density at radius 3 is 2.26 bits per heavy atom. The lowest BCUT2D eigenvalue weighted by Gasteiger charge is -2.20. The largest absolute Gasteiger partial charge is 0.490 e. The highest BCUT2D eigenvalue weighted by Crippen LogP contribution is 2.34. The molecule has 0 aromatic heterocycles. The zero-order chi connectivity index (χ0) is 14.8.